The second-order valence-corrected chi connectivity index (χ2v) is 6.95. The Kier molecular flexibility index (Phi) is 5.49. The summed E-state index contributed by atoms with van der Waals surface area (Å²) in [4.78, 5) is 19.5. The molecule has 0 radical (unpaired) electrons. The molecule has 1 aromatic heterocycles. The lowest BCUT2D eigenvalue weighted by molar-refractivity contribution is 0.0702. The molecule has 0 saturated carbocycles. The number of piperidine rings is 1. The van der Waals surface area contributed by atoms with Crippen molar-refractivity contribution >= 4 is 5.91 Å². The summed E-state index contributed by atoms with van der Waals surface area (Å²) in [6.07, 6.45) is 5.91. The highest BCUT2D eigenvalue weighted by Gasteiger charge is 2.28. The highest BCUT2D eigenvalue weighted by Crippen LogP contribution is 2.31. The third kappa shape index (κ3) is 3.54. The van der Waals surface area contributed by atoms with Crippen molar-refractivity contribution in [2.75, 3.05) is 27.3 Å². The van der Waals surface area contributed by atoms with Crippen molar-refractivity contribution in [3.05, 3.63) is 42.0 Å². The van der Waals surface area contributed by atoms with Gasteiger partial charge < -0.3 is 18.9 Å². The fraction of sp³-hybridized carbons (Fsp3) is 0.500. The average Bonchev–Trinajstić information content (AvgIpc) is 3.17. The smallest absolute Gasteiger partial charge is 0.254 e. The van der Waals surface area contributed by atoms with Crippen LogP contribution in [0.3, 0.4) is 0 Å². The van der Waals surface area contributed by atoms with Gasteiger partial charge in [-0.2, -0.15) is 0 Å². The van der Waals surface area contributed by atoms with Crippen molar-refractivity contribution in [3.8, 4) is 11.5 Å². The van der Waals surface area contributed by atoms with Gasteiger partial charge in [0.1, 0.15) is 5.82 Å². The summed E-state index contributed by atoms with van der Waals surface area (Å²) >= 11 is 0. The van der Waals surface area contributed by atoms with Crippen molar-refractivity contribution in [1.29, 1.82) is 0 Å². The lowest BCUT2D eigenvalue weighted by atomic mass is 9.96. The van der Waals surface area contributed by atoms with Gasteiger partial charge in [0.15, 0.2) is 11.5 Å². The molecule has 26 heavy (non-hydrogen) atoms. The number of carbonyl (C=O) groups excluding carboxylic acids is 1. The van der Waals surface area contributed by atoms with Gasteiger partial charge in [0, 0.05) is 43.0 Å². The van der Waals surface area contributed by atoms with Crippen molar-refractivity contribution in [2.24, 2.45) is 0 Å². The number of hydrogen-bond donors (Lipinski definition) is 0. The predicted octanol–water partition coefficient (Wildman–Crippen LogP) is 3.50. The van der Waals surface area contributed by atoms with E-state index in [4.69, 9.17) is 9.47 Å². The standard InChI is InChI=1S/C20H27N3O3/c1-14(2)23-11-9-21-19(23)16-6-5-10-22(13-16)20(24)15-7-8-17(25-3)18(12-15)26-4/h7-9,11-12,14,16H,5-6,10,13H2,1-4H3/t16-/m0/s1. The second-order valence-electron chi connectivity index (χ2n) is 6.95. The van der Waals surface area contributed by atoms with E-state index in [-0.39, 0.29) is 11.8 Å². The van der Waals surface area contributed by atoms with Crippen LogP contribution >= 0.6 is 0 Å². The molecular formula is C20H27N3O3. The van der Waals surface area contributed by atoms with Gasteiger partial charge in [-0.25, -0.2) is 4.98 Å². The van der Waals surface area contributed by atoms with E-state index < -0.39 is 0 Å². The summed E-state index contributed by atoms with van der Waals surface area (Å²) in [7, 11) is 3.17. The Labute approximate surface area is 154 Å². The summed E-state index contributed by atoms with van der Waals surface area (Å²) in [5.41, 5.74) is 0.621. The van der Waals surface area contributed by atoms with Crippen LogP contribution in [0, 0.1) is 0 Å². The number of aromatic nitrogens is 2. The van der Waals surface area contributed by atoms with Gasteiger partial charge in [-0.15, -0.1) is 0 Å². The zero-order valence-corrected chi connectivity index (χ0v) is 15.9. The molecule has 1 aromatic carbocycles. The Morgan fingerprint density at radius 3 is 2.69 bits per heavy atom. The Hall–Kier alpha value is -2.50. The van der Waals surface area contributed by atoms with Gasteiger partial charge in [0.25, 0.3) is 5.91 Å². The molecule has 3 rings (SSSR count). The van der Waals surface area contributed by atoms with Crippen molar-refractivity contribution in [2.45, 2.75) is 38.6 Å². The summed E-state index contributed by atoms with van der Waals surface area (Å²) < 4.78 is 12.8. The van der Waals surface area contributed by atoms with Gasteiger partial charge in [0.2, 0.25) is 0 Å². The maximum Gasteiger partial charge on any atom is 0.254 e. The molecule has 140 valence electrons. The molecule has 2 aromatic rings. The molecule has 0 unspecified atom stereocenters. The summed E-state index contributed by atoms with van der Waals surface area (Å²) in [6, 6.07) is 5.69. The summed E-state index contributed by atoms with van der Waals surface area (Å²) in [5.74, 6) is 2.56. The van der Waals surface area contributed by atoms with Crippen LogP contribution in [0.25, 0.3) is 0 Å². The summed E-state index contributed by atoms with van der Waals surface area (Å²) in [6.45, 7) is 5.77. The fourth-order valence-electron chi connectivity index (χ4n) is 3.60. The van der Waals surface area contributed by atoms with E-state index in [1.807, 2.05) is 17.3 Å². The van der Waals surface area contributed by atoms with E-state index in [1.165, 1.54) is 0 Å². The van der Waals surface area contributed by atoms with Crippen LogP contribution < -0.4 is 9.47 Å². The van der Waals surface area contributed by atoms with E-state index in [2.05, 4.69) is 23.4 Å². The number of likely N-dealkylation sites (tertiary alicyclic amines) is 1. The highest BCUT2D eigenvalue weighted by atomic mass is 16.5. The monoisotopic (exact) mass is 357 g/mol. The normalized spacial score (nSPS) is 17.4. The molecule has 0 N–H and O–H groups in total. The second kappa shape index (κ2) is 7.81. The number of benzene rings is 1. The minimum absolute atomic E-state index is 0.0262. The number of ether oxygens (including phenoxy) is 2. The van der Waals surface area contributed by atoms with Gasteiger partial charge in [-0.05, 0) is 44.9 Å². The van der Waals surface area contributed by atoms with E-state index in [9.17, 15) is 4.79 Å². The minimum Gasteiger partial charge on any atom is -0.493 e. The Balaban J connectivity index is 1.79. The zero-order chi connectivity index (χ0) is 18.7. The zero-order valence-electron chi connectivity index (χ0n) is 15.9. The van der Waals surface area contributed by atoms with Gasteiger partial charge in [-0.3, -0.25) is 4.79 Å². The number of imidazole rings is 1. The van der Waals surface area contributed by atoms with Crippen molar-refractivity contribution in [1.82, 2.24) is 14.5 Å². The molecule has 1 saturated heterocycles. The Morgan fingerprint density at radius 2 is 2.00 bits per heavy atom. The first kappa shape index (κ1) is 18.3. The molecular weight excluding hydrogens is 330 g/mol. The molecule has 1 fully saturated rings. The largest absolute Gasteiger partial charge is 0.493 e. The molecule has 1 aliphatic rings. The van der Waals surface area contributed by atoms with Crippen LogP contribution in [0.2, 0.25) is 0 Å². The third-order valence-corrected chi connectivity index (χ3v) is 4.96. The maximum absolute atomic E-state index is 13.0. The molecule has 0 bridgehead atoms. The Morgan fingerprint density at radius 1 is 1.23 bits per heavy atom. The molecule has 6 heteroatoms. The lowest BCUT2D eigenvalue weighted by Gasteiger charge is -2.33. The topological polar surface area (TPSA) is 56.6 Å². The van der Waals surface area contributed by atoms with E-state index in [0.717, 1.165) is 25.2 Å². The Bertz CT molecular complexity index is 769. The number of nitrogens with zero attached hydrogens (tertiary/aromatic N) is 3. The van der Waals surface area contributed by atoms with Gasteiger partial charge in [0.05, 0.1) is 14.2 Å². The minimum atomic E-state index is 0.0262. The SMILES string of the molecule is COc1ccc(C(=O)N2CCC[C@H](c3nccn3C(C)C)C2)cc1OC. The highest BCUT2D eigenvalue weighted by molar-refractivity contribution is 5.95. The predicted molar refractivity (Wildman–Crippen MR) is 100 cm³/mol. The van der Waals surface area contributed by atoms with Crippen LogP contribution in [-0.4, -0.2) is 47.7 Å². The molecule has 6 nitrogen and oxygen atoms in total. The molecule has 2 heterocycles. The quantitative estimate of drug-likeness (QED) is 0.822. The fourth-order valence-corrected chi connectivity index (χ4v) is 3.60. The molecule has 1 atom stereocenters. The van der Waals surface area contributed by atoms with Crippen LogP contribution in [0.5, 0.6) is 11.5 Å². The number of rotatable bonds is 5. The van der Waals surface area contributed by atoms with Crippen LogP contribution in [0.1, 0.15) is 54.8 Å². The van der Waals surface area contributed by atoms with E-state index >= 15 is 0 Å². The van der Waals surface area contributed by atoms with Crippen LogP contribution in [0.4, 0.5) is 0 Å². The number of hydrogen-bond acceptors (Lipinski definition) is 4. The average molecular weight is 357 g/mol. The van der Waals surface area contributed by atoms with Gasteiger partial charge in [-0.1, -0.05) is 0 Å². The van der Waals surface area contributed by atoms with Gasteiger partial charge >= 0.3 is 0 Å². The van der Waals surface area contributed by atoms with E-state index in [0.29, 0.717) is 29.6 Å². The first-order valence-electron chi connectivity index (χ1n) is 9.09. The molecule has 1 aliphatic heterocycles. The van der Waals surface area contributed by atoms with Crippen molar-refractivity contribution in [3.63, 3.8) is 0 Å². The maximum atomic E-state index is 13.0. The first-order chi connectivity index (χ1) is 12.5. The number of amides is 1. The molecule has 0 spiro atoms. The molecule has 0 aliphatic carbocycles. The number of carbonyl (C=O) groups is 1. The summed E-state index contributed by atoms with van der Waals surface area (Å²) in [5, 5.41) is 0. The third-order valence-electron chi connectivity index (χ3n) is 4.96. The van der Waals surface area contributed by atoms with Crippen LogP contribution in [-0.2, 0) is 0 Å². The van der Waals surface area contributed by atoms with Crippen molar-refractivity contribution < 1.29 is 14.3 Å². The first-order valence-corrected chi connectivity index (χ1v) is 9.09. The number of methoxy groups -OCH3 is 2. The molecule has 1 amide bonds. The van der Waals surface area contributed by atoms with Crippen LogP contribution in [0.15, 0.2) is 30.6 Å². The lowest BCUT2D eigenvalue weighted by Crippen LogP contribution is -2.39. The van der Waals surface area contributed by atoms with E-state index in [1.54, 1.807) is 32.4 Å².